The standard InChI is InChI=1S/C22H24N2O5S/c1-4-24-15-12-18-19(29-10-9-28-18)13-20(15)30-22(24)23-21(25)14-7-8-16(26-5-2)17(11-14)27-6-3/h7-8,11-13H,4-6,9-10H2,1-3H3. The van der Waals surface area contributed by atoms with Crippen LogP contribution < -0.4 is 23.7 Å². The van der Waals surface area contributed by atoms with Crippen molar-refractivity contribution < 1.29 is 23.7 Å². The van der Waals surface area contributed by atoms with E-state index in [0.29, 0.717) is 54.8 Å². The second-order valence-electron chi connectivity index (χ2n) is 6.54. The molecule has 158 valence electrons. The average molecular weight is 429 g/mol. The first-order valence-corrected chi connectivity index (χ1v) is 10.9. The smallest absolute Gasteiger partial charge is 0.279 e. The molecule has 0 N–H and O–H groups in total. The lowest BCUT2D eigenvalue weighted by molar-refractivity contribution is 0.0997. The van der Waals surface area contributed by atoms with Crippen LogP contribution in [0.15, 0.2) is 35.3 Å². The molecule has 0 atom stereocenters. The molecule has 1 aliphatic heterocycles. The van der Waals surface area contributed by atoms with Crippen LogP contribution in [0.4, 0.5) is 0 Å². The van der Waals surface area contributed by atoms with Gasteiger partial charge in [-0.25, -0.2) is 0 Å². The van der Waals surface area contributed by atoms with Crippen LogP contribution in [0, 0.1) is 0 Å². The minimum absolute atomic E-state index is 0.329. The number of carbonyl (C=O) groups excluding carboxylic acids is 1. The fraction of sp³-hybridized carbons (Fsp3) is 0.364. The quantitative estimate of drug-likeness (QED) is 0.593. The van der Waals surface area contributed by atoms with Crippen molar-refractivity contribution in [2.75, 3.05) is 26.4 Å². The van der Waals surface area contributed by atoms with Gasteiger partial charge in [0.2, 0.25) is 0 Å². The fourth-order valence-electron chi connectivity index (χ4n) is 3.33. The van der Waals surface area contributed by atoms with Crippen molar-refractivity contribution in [2.45, 2.75) is 27.3 Å². The number of nitrogens with zero attached hydrogens (tertiary/aromatic N) is 2. The highest BCUT2D eigenvalue weighted by Gasteiger charge is 2.17. The zero-order valence-electron chi connectivity index (χ0n) is 17.3. The van der Waals surface area contributed by atoms with E-state index >= 15 is 0 Å². The van der Waals surface area contributed by atoms with Crippen LogP contribution in [0.2, 0.25) is 0 Å². The van der Waals surface area contributed by atoms with Crippen LogP contribution in [0.3, 0.4) is 0 Å². The third-order valence-electron chi connectivity index (χ3n) is 4.65. The molecule has 1 aromatic heterocycles. The van der Waals surface area contributed by atoms with E-state index in [1.165, 1.54) is 11.3 Å². The van der Waals surface area contributed by atoms with Crippen LogP contribution >= 0.6 is 11.3 Å². The van der Waals surface area contributed by atoms with Gasteiger partial charge in [0, 0.05) is 24.2 Å². The van der Waals surface area contributed by atoms with Gasteiger partial charge in [0.05, 0.1) is 23.4 Å². The average Bonchev–Trinajstić information content (AvgIpc) is 3.09. The van der Waals surface area contributed by atoms with E-state index in [9.17, 15) is 4.79 Å². The minimum atomic E-state index is -0.329. The van der Waals surface area contributed by atoms with Gasteiger partial charge in [-0.05, 0) is 39.0 Å². The highest BCUT2D eigenvalue weighted by Crippen LogP contribution is 2.35. The highest BCUT2D eigenvalue weighted by atomic mass is 32.1. The van der Waals surface area contributed by atoms with Gasteiger partial charge < -0.3 is 23.5 Å². The molecule has 0 spiro atoms. The number of hydrogen-bond donors (Lipinski definition) is 0. The summed E-state index contributed by atoms with van der Waals surface area (Å²) in [4.78, 5) is 18.0. The Kier molecular flexibility index (Phi) is 5.94. The van der Waals surface area contributed by atoms with Crippen molar-refractivity contribution in [1.82, 2.24) is 4.57 Å². The van der Waals surface area contributed by atoms with Crippen LogP contribution in [-0.4, -0.2) is 36.9 Å². The molecule has 2 aromatic carbocycles. The zero-order chi connectivity index (χ0) is 21.1. The first-order valence-electron chi connectivity index (χ1n) is 10.1. The summed E-state index contributed by atoms with van der Waals surface area (Å²) in [6, 6.07) is 9.05. The largest absolute Gasteiger partial charge is 0.490 e. The van der Waals surface area contributed by atoms with Crippen molar-refractivity contribution in [3.05, 3.63) is 40.7 Å². The molecule has 0 fully saturated rings. The molecule has 8 heteroatoms. The fourth-order valence-corrected chi connectivity index (χ4v) is 4.44. The number of carbonyl (C=O) groups is 1. The lowest BCUT2D eigenvalue weighted by Crippen LogP contribution is -2.17. The molecule has 30 heavy (non-hydrogen) atoms. The van der Waals surface area contributed by atoms with E-state index in [1.54, 1.807) is 18.2 Å². The van der Waals surface area contributed by atoms with Crippen LogP contribution in [0.1, 0.15) is 31.1 Å². The SMILES string of the molecule is CCOc1ccc(C(=O)N=c2sc3cc4c(cc3n2CC)OCCO4)cc1OCC. The molecule has 0 unspecified atom stereocenters. The van der Waals surface area contributed by atoms with E-state index in [-0.39, 0.29) is 5.91 Å². The molecule has 1 amide bonds. The zero-order valence-corrected chi connectivity index (χ0v) is 18.1. The summed E-state index contributed by atoms with van der Waals surface area (Å²) in [7, 11) is 0. The van der Waals surface area contributed by atoms with Crippen LogP contribution in [-0.2, 0) is 6.54 Å². The molecule has 4 rings (SSSR count). The monoisotopic (exact) mass is 428 g/mol. The van der Waals surface area contributed by atoms with Crippen molar-refractivity contribution in [3.8, 4) is 23.0 Å². The third kappa shape index (κ3) is 3.87. The van der Waals surface area contributed by atoms with Crippen LogP contribution in [0.25, 0.3) is 10.2 Å². The second kappa shape index (κ2) is 8.79. The van der Waals surface area contributed by atoms with E-state index in [0.717, 1.165) is 21.7 Å². The highest BCUT2D eigenvalue weighted by molar-refractivity contribution is 7.16. The first-order chi connectivity index (χ1) is 14.6. The second-order valence-corrected chi connectivity index (χ2v) is 7.55. The molecule has 2 heterocycles. The molecule has 0 saturated heterocycles. The van der Waals surface area contributed by atoms with Gasteiger partial charge in [-0.2, -0.15) is 4.99 Å². The Morgan fingerprint density at radius 3 is 2.43 bits per heavy atom. The summed E-state index contributed by atoms with van der Waals surface area (Å²) in [5, 5.41) is 0. The summed E-state index contributed by atoms with van der Waals surface area (Å²) in [6.07, 6.45) is 0. The third-order valence-corrected chi connectivity index (χ3v) is 5.69. The molecule has 3 aromatic rings. The Labute approximate surface area is 178 Å². The Morgan fingerprint density at radius 2 is 1.73 bits per heavy atom. The molecule has 7 nitrogen and oxygen atoms in total. The van der Waals surface area contributed by atoms with Gasteiger partial charge in [-0.15, -0.1) is 0 Å². The van der Waals surface area contributed by atoms with Crippen molar-refractivity contribution >= 4 is 27.5 Å². The first kappa shape index (κ1) is 20.3. The lowest BCUT2D eigenvalue weighted by Gasteiger charge is -2.18. The van der Waals surface area contributed by atoms with E-state index in [1.807, 2.05) is 37.5 Å². The number of aromatic nitrogens is 1. The Bertz CT molecular complexity index is 1150. The number of hydrogen-bond acceptors (Lipinski definition) is 6. The van der Waals surface area contributed by atoms with E-state index < -0.39 is 0 Å². The number of fused-ring (bicyclic) bond motifs is 2. The Balaban J connectivity index is 1.75. The van der Waals surface area contributed by atoms with Crippen molar-refractivity contribution in [1.29, 1.82) is 0 Å². The Hall–Kier alpha value is -3.00. The van der Waals surface area contributed by atoms with E-state index in [4.69, 9.17) is 18.9 Å². The molecular formula is C22H24N2O5S. The van der Waals surface area contributed by atoms with Crippen molar-refractivity contribution in [3.63, 3.8) is 0 Å². The number of benzene rings is 2. The maximum absolute atomic E-state index is 12.9. The molecule has 0 bridgehead atoms. The minimum Gasteiger partial charge on any atom is -0.490 e. The van der Waals surface area contributed by atoms with Gasteiger partial charge in [0.15, 0.2) is 27.8 Å². The summed E-state index contributed by atoms with van der Waals surface area (Å²) in [6.45, 7) is 8.57. The number of rotatable bonds is 6. The number of amides is 1. The summed E-state index contributed by atoms with van der Waals surface area (Å²) in [5.74, 6) is 2.28. The Morgan fingerprint density at radius 1 is 1.03 bits per heavy atom. The number of ether oxygens (including phenoxy) is 4. The summed E-state index contributed by atoms with van der Waals surface area (Å²) >= 11 is 1.45. The molecule has 0 aliphatic carbocycles. The lowest BCUT2D eigenvalue weighted by atomic mass is 10.2. The number of thiazole rings is 1. The van der Waals surface area contributed by atoms with Gasteiger partial charge in [0.1, 0.15) is 13.2 Å². The maximum Gasteiger partial charge on any atom is 0.279 e. The van der Waals surface area contributed by atoms with E-state index in [2.05, 4.69) is 4.99 Å². The topological polar surface area (TPSA) is 71.3 Å². The van der Waals surface area contributed by atoms with Gasteiger partial charge in [-0.1, -0.05) is 11.3 Å². The molecule has 1 aliphatic rings. The number of aryl methyl sites for hydroxylation is 1. The van der Waals surface area contributed by atoms with Crippen LogP contribution in [0.5, 0.6) is 23.0 Å². The molecular weight excluding hydrogens is 404 g/mol. The predicted octanol–water partition coefficient (Wildman–Crippen LogP) is 4.03. The summed E-state index contributed by atoms with van der Waals surface area (Å²) < 4.78 is 25.6. The van der Waals surface area contributed by atoms with Gasteiger partial charge in [0.25, 0.3) is 5.91 Å². The van der Waals surface area contributed by atoms with Gasteiger partial charge in [-0.3, -0.25) is 4.79 Å². The summed E-state index contributed by atoms with van der Waals surface area (Å²) in [5.41, 5.74) is 1.42. The van der Waals surface area contributed by atoms with Crippen molar-refractivity contribution in [2.24, 2.45) is 4.99 Å². The normalized spacial score (nSPS) is 13.5. The van der Waals surface area contributed by atoms with Gasteiger partial charge >= 0.3 is 0 Å². The molecule has 0 saturated carbocycles. The predicted molar refractivity (Wildman–Crippen MR) is 115 cm³/mol. The maximum atomic E-state index is 12.9. The molecule has 0 radical (unpaired) electrons.